The number of methoxy groups -OCH3 is 1. The average molecular weight is 399 g/mol. The van der Waals surface area contributed by atoms with Gasteiger partial charge in [-0.25, -0.2) is 0 Å². The molecule has 0 fully saturated rings. The minimum Gasteiger partial charge on any atom is -0.497 e. The fraction of sp³-hybridized carbons (Fsp3) is 0.192. The third kappa shape index (κ3) is 4.23. The number of ether oxygens (including phenoxy) is 1. The zero-order valence-corrected chi connectivity index (χ0v) is 17.3. The van der Waals surface area contributed by atoms with Gasteiger partial charge in [0, 0.05) is 23.5 Å². The summed E-state index contributed by atoms with van der Waals surface area (Å²) in [4.78, 5) is 15.0. The molecule has 2 atom stereocenters. The maximum atomic E-state index is 13.1. The van der Waals surface area contributed by atoms with Crippen LogP contribution in [-0.4, -0.2) is 19.1 Å². The maximum Gasteiger partial charge on any atom is 0.251 e. The van der Waals surface area contributed by atoms with Gasteiger partial charge in [-0.15, -0.1) is 0 Å². The molecular formula is C26H26N2O2. The third-order valence-corrected chi connectivity index (χ3v) is 5.48. The first kappa shape index (κ1) is 19.8. The summed E-state index contributed by atoms with van der Waals surface area (Å²) in [5, 5.41) is 3.63. The Hall–Kier alpha value is -3.53. The molecule has 4 rings (SSSR count). The highest BCUT2D eigenvalue weighted by Gasteiger charge is 2.32. The van der Waals surface area contributed by atoms with Gasteiger partial charge in [-0.2, -0.15) is 0 Å². The first-order valence-corrected chi connectivity index (χ1v) is 10.2. The molecule has 1 aliphatic heterocycles. The van der Waals surface area contributed by atoms with Gasteiger partial charge in [0.2, 0.25) is 0 Å². The number of para-hydroxylation sites is 2. The predicted octanol–water partition coefficient (Wildman–Crippen LogP) is 5.69. The van der Waals surface area contributed by atoms with Crippen LogP contribution in [0.15, 0.2) is 84.9 Å². The van der Waals surface area contributed by atoms with Crippen LogP contribution in [0.2, 0.25) is 0 Å². The van der Waals surface area contributed by atoms with Crippen molar-refractivity contribution in [3.05, 3.63) is 96.1 Å². The number of amides is 1. The molecule has 0 bridgehead atoms. The molecule has 0 saturated carbocycles. The highest BCUT2D eigenvalue weighted by molar-refractivity contribution is 6.05. The smallest absolute Gasteiger partial charge is 0.251 e. The van der Waals surface area contributed by atoms with Crippen molar-refractivity contribution < 1.29 is 9.53 Å². The Morgan fingerprint density at radius 3 is 2.43 bits per heavy atom. The standard InChI is InChI=1S/C26H26N2O2/c1-19-18-24(27-21-8-4-3-5-9-21)23-10-6-7-11-25(23)28(19)26(29)17-14-20-12-15-22(30-2)16-13-20/h3-17,19,24,27H,18H2,1-2H3/b17-14+/t19-,24+/m0/s1. The molecule has 4 nitrogen and oxygen atoms in total. The number of nitrogens with one attached hydrogen (secondary N) is 1. The van der Waals surface area contributed by atoms with Crippen LogP contribution in [0.4, 0.5) is 11.4 Å². The monoisotopic (exact) mass is 398 g/mol. The van der Waals surface area contributed by atoms with E-state index in [-0.39, 0.29) is 18.0 Å². The van der Waals surface area contributed by atoms with Gasteiger partial charge in [-0.05, 0) is 60.9 Å². The van der Waals surface area contributed by atoms with Crippen molar-refractivity contribution in [1.82, 2.24) is 0 Å². The second-order valence-electron chi connectivity index (χ2n) is 7.52. The molecule has 0 aromatic heterocycles. The summed E-state index contributed by atoms with van der Waals surface area (Å²) in [5.41, 5.74) is 4.16. The van der Waals surface area contributed by atoms with E-state index in [0.717, 1.165) is 34.7 Å². The third-order valence-electron chi connectivity index (χ3n) is 5.48. The van der Waals surface area contributed by atoms with E-state index in [9.17, 15) is 4.79 Å². The topological polar surface area (TPSA) is 41.6 Å². The number of rotatable bonds is 5. The SMILES string of the molecule is COc1ccc(/C=C/C(=O)N2c3ccccc3[C@H](Nc3ccccc3)C[C@@H]2C)cc1. The van der Waals surface area contributed by atoms with E-state index in [1.807, 2.05) is 71.6 Å². The first-order chi connectivity index (χ1) is 14.7. The van der Waals surface area contributed by atoms with Crippen LogP contribution in [0, 0.1) is 0 Å². The van der Waals surface area contributed by atoms with E-state index in [1.165, 1.54) is 0 Å². The number of hydrogen-bond donors (Lipinski definition) is 1. The molecule has 30 heavy (non-hydrogen) atoms. The molecule has 0 radical (unpaired) electrons. The van der Waals surface area contributed by atoms with Crippen LogP contribution in [0.3, 0.4) is 0 Å². The van der Waals surface area contributed by atoms with Crippen LogP contribution < -0.4 is 15.0 Å². The van der Waals surface area contributed by atoms with Crippen LogP contribution in [0.1, 0.15) is 30.5 Å². The second-order valence-corrected chi connectivity index (χ2v) is 7.52. The van der Waals surface area contributed by atoms with Crippen molar-refractivity contribution in [2.75, 3.05) is 17.3 Å². The second kappa shape index (κ2) is 8.87. The lowest BCUT2D eigenvalue weighted by Gasteiger charge is -2.39. The highest BCUT2D eigenvalue weighted by Crippen LogP contribution is 2.39. The summed E-state index contributed by atoms with van der Waals surface area (Å²) in [6.45, 7) is 2.11. The number of carbonyl (C=O) groups excluding carboxylic acids is 1. The van der Waals surface area contributed by atoms with Crippen LogP contribution in [-0.2, 0) is 4.79 Å². The van der Waals surface area contributed by atoms with Crippen molar-refractivity contribution in [3.8, 4) is 5.75 Å². The number of anilines is 2. The molecule has 0 unspecified atom stereocenters. The lowest BCUT2D eigenvalue weighted by Crippen LogP contribution is -2.43. The Kier molecular flexibility index (Phi) is 5.84. The van der Waals surface area contributed by atoms with E-state index >= 15 is 0 Å². The lowest BCUT2D eigenvalue weighted by atomic mass is 9.91. The van der Waals surface area contributed by atoms with Gasteiger partial charge in [0.1, 0.15) is 5.75 Å². The summed E-state index contributed by atoms with van der Waals surface area (Å²) in [7, 11) is 1.64. The van der Waals surface area contributed by atoms with Crippen molar-refractivity contribution in [3.63, 3.8) is 0 Å². The molecule has 1 aliphatic rings. The molecule has 0 spiro atoms. The van der Waals surface area contributed by atoms with Gasteiger partial charge in [0.15, 0.2) is 0 Å². The summed E-state index contributed by atoms with van der Waals surface area (Å²) >= 11 is 0. The van der Waals surface area contributed by atoms with Gasteiger partial charge in [0.05, 0.1) is 13.2 Å². The molecule has 152 valence electrons. The van der Waals surface area contributed by atoms with Gasteiger partial charge in [0.25, 0.3) is 5.91 Å². The molecular weight excluding hydrogens is 372 g/mol. The van der Waals surface area contributed by atoms with Crippen LogP contribution in [0.5, 0.6) is 5.75 Å². The van der Waals surface area contributed by atoms with E-state index in [2.05, 4.69) is 30.4 Å². The van der Waals surface area contributed by atoms with Crippen molar-refractivity contribution in [2.24, 2.45) is 0 Å². The fourth-order valence-electron chi connectivity index (χ4n) is 3.98. The van der Waals surface area contributed by atoms with Crippen molar-refractivity contribution in [2.45, 2.75) is 25.4 Å². The van der Waals surface area contributed by atoms with Gasteiger partial charge in [-0.3, -0.25) is 4.79 Å². The number of nitrogens with zero attached hydrogens (tertiary/aromatic N) is 1. The number of benzene rings is 3. The average Bonchev–Trinajstić information content (AvgIpc) is 2.78. The highest BCUT2D eigenvalue weighted by atomic mass is 16.5. The van der Waals surface area contributed by atoms with Gasteiger partial charge in [-0.1, -0.05) is 48.5 Å². The predicted molar refractivity (Wildman–Crippen MR) is 123 cm³/mol. The number of carbonyl (C=O) groups is 1. The quantitative estimate of drug-likeness (QED) is 0.562. The zero-order chi connectivity index (χ0) is 20.9. The molecule has 4 heteroatoms. The number of hydrogen-bond acceptors (Lipinski definition) is 3. The van der Waals surface area contributed by atoms with E-state index in [4.69, 9.17) is 4.74 Å². The minimum absolute atomic E-state index is 0.0103. The van der Waals surface area contributed by atoms with Crippen LogP contribution in [0.25, 0.3) is 6.08 Å². The Bertz CT molecular complexity index is 1030. The van der Waals surface area contributed by atoms with Gasteiger partial charge < -0.3 is 15.0 Å². The molecule has 3 aromatic rings. The Labute approximate surface area is 177 Å². The normalized spacial score (nSPS) is 18.1. The van der Waals surface area contributed by atoms with E-state index in [0.29, 0.717) is 0 Å². The molecule has 1 heterocycles. The van der Waals surface area contributed by atoms with E-state index in [1.54, 1.807) is 13.2 Å². The summed E-state index contributed by atoms with van der Waals surface area (Å²) in [6, 6.07) is 26.3. The largest absolute Gasteiger partial charge is 0.497 e. The first-order valence-electron chi connectivity index (χ1n) is 10.2. The molecule has 3 aromatic carbocycles. The summed E-state index contributed by atoms with van der Waals surface area (Å²) in [5.74, 6) is 0.790. The Morgan fingerprint density at radius 1 is 1.00 bits per heavy atom. The molecule has 0 saturated heterocycles. The number of fused-ring (bicyclic) bond motifs is 1. The summed E-state index contributed by atoms with van der Waals surface area (Å²) < 4.78 is 5.19. The lowest BCUT2D eigenvalue weighted by molar-refractivity contribution is -0.114. The minimum atomic E-state index is -0.0103. The van der Waals surface area contributed by atoms with Gasteiger partial charge >= 0.3 is 0 Å². The zero-order valence-electron chi connectivity index (χ0n) is 17.3. The molecule has 1 amide bonds. The fourth-order valence-corrected chi connectivity index (χ4v) is 3.98. The Balaban J connectivity index is 1.57. The van der Waals surface area contributed by atoms with E-state index < -0.39 is 0 Å². The van der Waals surface area contributed by atoms with Crippen molar-refractivity contribution in [1.29, 1.82) is 0 Å². The molecule has 0 aliphatic carbocycles. The van der Waals surface area contributed by atoms with Crippen molar-refractivity contribution >= 4 is 23.4 Å². The van der Waals surface area contributed by atoms with Crippen LogP contribution >= 0.6 is 0 Å². The Morgan fingerprint density at radius 2 is 1.70 bits per heavy atom. The summed E-state index contributed by atoms with van der Waals surface area (Å²) in [6.07, 6.45) is 4.35. The molecule has 1 N–H and O–H groups in total. The maximum absolute atomic E-state index is 13.1.